The second kappa shape index (κ2) is 7.48. The average molecular weight is 358 g/mol. The van der Waals surface area contributed by atoms with E-state index in [1.54, 1.807) is 23.1 Å². The minimum atomic E-state index is -1.05. The average Bonchev–Trinajstić information content (AvgIpc) is 3.17. The van der Waals surface area contributed by atoms with Crippen molar-refractivity contribution in [3.05, 3.63) is 57.8 Å². The maximum atomic E-state index is 12.5. The fourth-order valence-corrected chi connectivity index (χ4v) is 3.49. The van der Waals surface area contributed by atoms with E-state index in [1.165, 1.54) is 23.5 Å². The zero-order valence-corrected chi connectivity index (χ0v) is 14.3. The number of carboxylic acids is 1. The Bertz CT molecular complexity index is 780. The molecule has 3 rings (SSSR count). The minimum absolute atomic E-state index is 0.0433. The molecule has 1 saturated heterocycles. The molecule has 2 amide bonds. The van der Waals surface area contributed by atoms with Gasteiger partial charge >= 0.3 is 5.97 Å². The number of hydrogen-bond donors (Lipinski definition) is 2. The van der Waals surface area contributed by atoms with Gasteiger partial charge in [-0.05, 0) is 42.5 Å². The van der Waals surface area contributed by atoms with Crippen LogP contribution in [0, 0.1) is 0 Å². The van der Waals surface area contributed by atoms with E-state index < -0.39 is 5.97 Å². The Hall–Kier alpha value is -2.67. The molecule has 1 aliphatic rings. The molecule has 1 aromatic carbocycles. The number of carbonyl (C=O) groups excluding carboxylic acids is 2. The molecule has 0 aliphatic carbocycles. The van der Waals surface area contributed by atoms with Gasteiger partial charge in [0.15, 0.2) is 0 Å². The van der Waals surface area contributed by atoms with Crippen LogP contribution in [-0.4, -0.2) is 46.9 Å². The molecule has 0 atom stereocenters. The molecule has 130 valence electrons. The van der Waals surface area contributed by atoms with Gasteiger partial charge in [-0.15, -0.1) is 0 Å². The summed E-state index contributed by atoms with van der Waals surface area (Å²) in [7, 11) is 0. The van der Waals surface area contributed by atoms with Crippen LogP contribution in [0.2, 0.25) is 0 Å². The van der Waals surface area contributed by atoms with Gasteiger partial charge in [0.25, 0.3) is 11.8 Å². The normalized spacial score (nSPS) is 15.0. The smallest absolute Gasteiger partial charge is 0.335 e. The highest BCUT2D eigenvalue weighted by Crippen LogP contribution is 2.16. The lowest BCUT2D eigenvalue weighted by molar-refractivity contribution is 0.0695. The van der Waals surface area contributed by atoms with Gasteiger partial charge in [-0.25, -0.2) is 4.79 Å². The van der Waals surface area contributed by atoms with Crippen LogP contribution in [0.4, 0.5) is 0 Å². The van der Waals surface area contributed by atoms with Crippen LogP contribution in [-0.2, 0) is 0 Å². The Morgan fingerprint density at radius 1 is 1.08 bits per heavy atom. The first kappa shape index (κ1) is 17.2. The van der Waals surface area contributed by atoms with Gasteiger partial charge in [0.05, 0.1) is 5.56 Å². The number of hydrogen-bond acceptors (Lipinski definition) is 4. The number of thiophene rings is 1. The summed E-state index contributed by atoms with van der Waals surface area (Å²) in [6.45, 7) is 1.06. The molecule has 2 heterocycles. The van der Waals surface area contributed by atoms with Crippen molar-refractivity contribution >= 4 is 29.1 Å². The monoisotopic (exact) mass is 358 g/mol. The van der Waals surface area contributed by atoms with Crippen LogP contribution in [0.15, 0.2) is 41.1 Å². The van der Waals surface area contributed by atoms with Gasteiger partial charge in [0, 0.05) is 35.6 Å². The van der Waals surface area contributed by atoms with E-state index in [2.05, 4.69) is 5.32 Å². The third-order valence-corrected chi connectivity index (χ3v) is 4.94. The van der Waals surface area contributed by atoms with Crippen LogP contribution in [0.1, 0.15) is 43.9 Å². The second-order valence-corrected chi connectivity index (χ2v) is 6.72. The van der Waals surface area contributed by atoms with E-state index in [4.69, 9.17) is 5.11 Å². The van der Waals surface area contributed by atoms with Crippen molar-refractivity contribution in [3.8, 4) is 0 Å². The van der Waals surface area contributed by atoms with Crippen molar-refractivity contribution in [1.82, 2.24) is 10.2 Å². The van der Waals surface area contributed by atoms with Crippen LogP contribution in [0.3, 0.4) is 0 Å². The van der Waals surface area contributed by atoms with Crippen LogP contribution in [0.25, 0.3) is 0 Å². The zero-order valence-electron chi connectivity index (χ0n) is 13.5. The van der Waals surface area contributed by atoms with Crippen molar-refractivity contribution in [2.24, 2.45) is 0 Å². The highest BCUT2D eigenvalue weighted by Gasteiger charge is 2.25. The quantitative estimate of drug-likeness (QED) is 0.879. The molecule has 0 unspecified atom stereocenters. The summed E-state index contributed by atoms with van der Waals surface area (Å²) in [5.74, 6) is -1.31. The van der Waals surface area contributed by atoms with Crippen LogP contribution < -0.4 is 5.32 Å². The predicted molar refractivity (Wildman–Crippen MR) is 94.1 cm³/mol. The van der Waals surface area contributed by atoms with E-state index in [-0.39, 0.29) is 23.4 Å². The molecule has 6 nitrogen and oxygen atoms in total. The first-order valence-electron chi connectivity index (χ1n) is 8.00. The fourth-order valence-electron chi connectivity index (χ4n) is 2.86. The number of aromatic carboxylic acids is 1. The first-order chi connectivity index (χ1) is 12.0. The minimum Gasteiger partial charge on any atom is -0.478 e. The molecule has 0 saturated carbocycles. The summed E-state index contributed by atoms with van der Waals surface area (Å²) in [4.78, 5) is 37.3. The van der Waals surface area contributed by atoms with Gasteiger partial charge in [-0.2, -0.15) is 11.3 Å². The van der Waals surface area contributed by atoms with Crippen molar-refractivity contribution in [2.75, 3.05) is 13.1 Å². The van der Waals surface area contributed by atoms with Gasteiger partial charge in [0.2, 0.25) is 0 Å². The third kappa shape index (κ3) is 4.06. The van der Waals surface area contributed by atoms with Gasteiger partial charge in [-0.3, -0.25) is 9.59 Å². The Kier molecular flexibility index (Phi) is 5.14. The molecular weight excluding hydrogens is 340 g/mol. The maximum absolute atomic E-state index is 12.5. The zero-order chi connectivity index (χ0) is 17.8. The highest BCUT2D eigenvalue weighted by atomic mass is 32.1. The molecule has 2 aromatic rings. The fraction of sp³-hybridized carbons (Fsp3) is 0.278. The maximum Gasteiger partial charge on any atom is 0.335 e. The molecule has 1 aliphatic heterocycles. The Morgan fingerprint density at radius 2 is 1.80 bits per heavy atom. The SMILES string of the molecule is O=C(O)c1cccc(C(=O)N2CCC(NC(=O)c3ccsc3)CC2)c1. The van der Waals surface area contributed by atoms with Gasteiger partial charge < -0.3 is 15.3 Å². The highest BCUT2D eigenvalue weighted by molar-refractivity contribution is 7.08. The molecule has 1 aromatic heterocycles. The number of nitrogens with zero attached hydrogens (tertiary/aromatic N) is 1. The number of piperidine rings is 1. The summed E-state index contributed by atoms with van der Waals surface area (Å²) in [5.41, 5.74) is 1.14. The topological polar surface area (TPSA) is 86.7 Å². The standard InChI is InChI=1S/C18H18N2O4S/c21-16(14-6-9-25-11-14)19-15-4-7-20(8-5-15)17(22)12-2-1-3-13(10-12)18(23)24/h1-3,6,9-11,15H,4-5,7-8H2,(H,19,21)(H,23,24). The summed E-state index contributed by atoms with van der Waals surface area (Å²) in [6.07, 6.45) is 1.36. The van der Waals surface area contributed by atoms with Crippen LogP contribution >= 0.6 is 11.3 Å². The van der Waals surface area contributed by atoms with Crippen molar-refractivity contribution < 1.29 is 19.5 Å². The van der Waals surface area contributed by atoms with Crippen molar-refractivity contribution in [3.63, 3.8) is 0 Å². The Morgan fingerprint density at radius 3 is 2.44 bits per heavy atom. The number of amides is 2. The lowest BCUT2D eigenvalue weighted by Gasteiger charge is -2.32. The number of carboxylic acid groups (broad SMARTS) is 1. The summed E-state index contributed by atoms with van der Waals surface area (Å²) < 4.78 is 0. The summed E-state index contributed by atoms with van der Waals surface area (Å²) in [6, 6.07) is 7.89. The molecule has 0 bridgehead atoms. The molecule has 2 N–H and O–H groups in total. The van der Waals surface area contributed by atoms with E-state index in [0.29, 0.717) is 37.1 Å². The lowest BCUT2D eigenvalue weighted by atomic mass is 10.0. The summed E-state index contributed by atoms with van der Waals surface area (Å²) in [5, 5.41) is 15.7. The molecule has 0 spiro atoms. The summed E-state index contributed by atoms with van der Waals surface area (Å²) >= 11 is 1.48. The molecule has 25 heavy (non-hydrogen) atoms. The van der Waals surface area contributed by atoms with E-state index in [9.17, 15) is 14.4 Å². The molecule has 0 radical (unpaired) electrons. The number of nitrogens with one attached hydrogen (secondary N) is 1. The first-order valence-corrected chi connectivity index (χ1v) is 8.94. The van der Waals surface area contributed by atoms with Gasteiger partial charge in [-0.1, -0.05) is 6.07 Å². The van der Waals surface area contributed by atoms with Gasteiger partial charge in [0.1, 0.15) is 0 Å². The number of benzene rings is 1. The predicted octanol–water partition coefficient (Wildman–Crippen LogP) is 2.48. The Labute approximate surface area is 149 Å². The van der Waals surface area contributed by atoms with E-state index in [1.807, 2.05) is 10.8 Å². The number of carbonyl (C=O) groups is 3. The van der Waals surface area contributed by atoms with E-state index in [0.717, 1.165) is 0 Å². The number of rotatable bonds is 4. The lowest BCUT2D eigenvalue weighted by Crippen LogP contribution is -2.46. The van der Waals surface area contributed by atoms with E-state index >= 15 is 0 Å². The Balaban J connectivity index is 1.56. The molecule has 7 heteroatoms. The molecular formula is C18H18N2O4S. The molecule has 1 fully saturated rings. The third-order valence-electron chi connectivity index (χ3n) is 4.26. The van der Waals surface area contributed by atoms with Crippen molar-refractivity contribution in [2.45, 2.75) is 18.9 Å². The van der Waals surface area contributed by atoms with Crippen LogP contribution in [0.5, 0.6) is 0 Å². The second-order valence-electron chi connectivity index (χ2n) is 5.94. The van der Waals surface area contributed by atoms with Crippen molar-refractivity contribution in [1.29, 1.82) is 0 Å². The largest absolute Gasteiger partial charge is 0.478 e. The number of likely N-dealkylation sites (tertiary alicyclic amines) is 1.